The van der Waals surface area contributed by atoms with E-state index >= 15 is 0 Å². The van der Waals surface area contributed by atoms with E-state index < -0.39 is 0 Å². The lowest BCUT2D eigenvalue weighted by atomic mass is 9.93. The molecule has 2 unspecified atom stereocenters. The summed E-state index contributed by atoms with van der Waals surface area (Å²) in [5.74, 6) is 0.362. The van der Waals surface area contributed by atoms with Crippen molar-refractivity contribution in [3.8, 4) is 6.07 Å². The van der Waals surface area contributed by atoms with Gasteiger partial charge in [0.1, 0.15) is 0 Å². The SMILES string of the molecule is CC1Nc2ccccc2C1CC#N. The molecule has 2 nitrogen and oxygen atoms in total. The number of rotatable bonds is 1. The average Bonchev–Trinajstić information content (AvgIpc) is 2.44. The monoisotopic (exact) mass is 172 g/mol. The molecular weight excluding hydrogens is 160 g/mol. The molecule has 0 bridgehead atoms. The van der Waals surface area contributed by atoms with E-state index in [1.165, 1.54) is 11.3 Å². The van der Waals surface area contributed by atoms with Crippen molar-refractivity contribution < 1.29 is 0 Å². The largest absolute Gasteiger partial charge is 0.382 e. The summed E-state index contributed by atoms with van der Waals surface area (Å²) in [4.78, 5) is 0. The van der Waals surface area contributed by atoms with Crippen LogP contribution in [0.1, 0.15) is 24.8 Å². The second-order valence-corrected chi connectivity index (χ2v) is 3.49. The van der Waals surface area contributed by atoms with Crippen LogP contribution in [0.2, 0.25) is 0 Å². The van der Waals surface area contributed by atoms with Gasteiger partial charge in [-0.2, -0.15) is 5.26 Å². The van der Waals surface area contributed by atoms with E-state index in [1.807, 2.05) is 12.1 Å². The highest BCUT2D eigenvalue weighted by Crippen LogP contribution is 2.37. The highest BCUT2D eigenvalue weighted by Gasteiger charge is 2.27. The molecule has 1 aliphatic heterocycles. The molecule has 0 aliphatic carbocycles. The molecule has 2 atom stereocenters. The van der Waals surface area contributed by atoms with E-state index in [0.29, 0.717) is 18.4 Å². The van der Waals surface area contributed by atoms with Gasteiger partial charge >= 0.3 is 0 Å². The van der Waals surface area contributed by atoms with Crippen LogP contribution in [0.3, 0.4) is 0 Å². The van der Waals surface area contributed by atoms with Crippen molar-refractivity contribution in [2.75, 3.05) is 5.32 Å². The second kappa shape index (κ2) is 3.10. The van der Waals surface area contributed by atoms with Gasteiger partial charge < -0.3 is 5.32 Å². The fourth-order valence-corrected chi connectivity index (χ4v) is 1.95. The predicted molar refractivity (Wildman–Crippen MR) is 52.5 cm³/mol. The number of hydrogen-bond acceptors (Lipinski definition) is 2. The summed E-state index contributed by atoms with van der Waals surface area (Å²) in [6.07, 6.45) is 0.602. The zero-order valence-electron chi connectivity index (χ0n) is 7.62. The molecule has 13 heavy (non-hydrogen) atoms. The molecule has 0 radical (unpaired) electrons. The van der Waals surface area contributed by atoms with Gasteiger partial charge in [0.15, 0.2) is 0 Å². The minimum atomic E-state index is 0.362. The Morgan fingerprint density at radius 1 is 1.46 bits per heavy atom. The summed E-state index contributed by atoms with van der Waals surface area (Å²) in [5, 5.41) is 12.1. The van der Waals surface area contributed by atoms with Crippen molar-refractivity contribution in [3.63, 3.8) is 0 Å². The summed E-state index contributed by atoms with van der Waals surface area (Å²) in [6.45, 7) is 2.13. The fraction of sp³-hybridized carbons (Fsp3) is 0.364. The van der Waals surface area contributed by atoms with E-state index in [1.54, 1.807) is 0 Å². The molecule has 1 N–H and O–H groups in total. The van der Waals surface area contributed by atoms with Crippen LogP contribution in [0.5, 0.6) is 0 Å². The van der Waals surface area contributed by atoms with Crippen LogP contribution < -0.4 is 5.32 Å². The summed E-state index contributed by atoms with van der Waals surface area (Å²) >= 11 is 0. The molecule has 66 valence electrons. The standard InChI is InChI=1S/C11H12N2/c1-8-9(6-7-12)10-4-2-3-5-11(10)13-8/h2-5,8-9,13H,6H2,1H3. The van der Waals surface area contributed by atoms with Crippen LogP contribution in [-0.2, 0) is 0 Å². The molecule has 0 fully saturated rings. The zero-order valence-corrected chi connectivity index (χ0v) is 7.62. The van der Waals surface area contributed by atoms with Crippen molar-refractivity contribution in [3.05, 3.63) is 29.8 Å². The topological polar surface area (TPSA) is 35.8 Å². The van der Waals surface area contributed by atoms with Gasteiger partial charge in [0, 0.05) is 24.1 Å². The Balaban J connectivity index is 2.36. The van der Waals surface area contributed by atoms with E-state index in [2.05, 4.69) is 30.4 Å². The van der Waals surface area contributed by atoms with Gasteiger partial charge in [0.2, 0.25) is 0 Å². The first-order chi connectivity index (χ1) is 6.33. The number of benzene rings is 1. The molecule has 1 heterocycles. The van der Waals surface area contributed by atoms with Gasteiger partial charge in [0.25, 0.3) is 0 Å². The van der Waals surface area contributed by atoms with Crippen molar-refractivity contribution in [2.45, 2.75) is 25.3 Å². The average molecular weight is 172 g/mol. The summed E-state index contributed by atoms with van der Waals surface area (Å²) in [6, 6.07) is 10.9. The van der Waals surface area contributed by atoms with Gasteiger partial charge in [-0.15, -0.1) is 0 Å². The number of para-hydroxylation sites is 1. The third-order valence-electron chi connectivity index (χ3n) is 2.66. The number of nitrogens with zero attached hydrogens (tertiary/aromatic N) is 1. The molecule has 2 rings (SSSR count). The van der Waals surface area contributed by atoms with Gasteiger partial charge in [0.05, 0.1) is 6.07 Å². The first kappa shape index (κ1) is 8.12. The summed E-state index contributed by atoms with van der Waals surface area (Å²) in [7, 11) is 0. The number of fused-ring (bicyclic) bond motifs is 1. The maximum absolute atomic E-state index is 8.69. The van der Waals surface area contributed by atoms with Crippen molar-refractivity contribution >= 4 is 5.69 Å². The highest BCUT2D eigenvalue weighted by molar-refractivity contribution is 5.59. The quantitative estimate of drug-likeness (QED) is 0.706. The van der Waals surface area contributed by atoms with Gasteiger partial charge in [-0.3, -0.25) is 0 Å². The molecule has 0 saturated heterocycles. The lowest BCUT2D eigenvalue weighted by molar-refractivity contribution is 0.646. The Kier molecular flexibility index (Phi) is 1.94. The maximum atomic E-state index is 8.69. The van der Waals surface area contributed by atoms with E-state index in [-0.39, 0.29) is 0 Å². The predicted octanol–water partition coefficient (Wildman–Crippen LogP) is 2.50. The molecule has 1 aromatic rings. The van der Waals surface area contributed by atoms with E-state index in [9.17, 15) is 0 Å². The Bertz CT molecular complexity index is 351. The highest BCUT2D eigenvalue weighted by atomic mass is 15.0. The summed E-state index contributed by atoms with van der Waals surface area (Å²) in [5.41, 5.74) is 2.48. The third-order valence-corrected chi connectivity index (χ3v) is 2.66. The van der Waals surface area contributed by atoms with Crippen molar-refractivity contribution in [1.82, 2.24) is 0 Å². The van der Waals surface area contributed by atoms with Crippen molar-refractivity contribution in [1.29, 1.82) is 5.26 Å². The molecule has 0 spiro atoms. The third kappa shape index (κ3) is 1.27. The Hall–Kier alpha value is -1.49. The molecule has 1 aromatic carbocycles. The Morgan fingerprint density at radius 3 is 3.00 bits per heavy atom. The van der Waals surface area contributed by atoms with Gasteiger partial charge in [-0.05, 0) is 18.6 Å². The minimum absolute atomic E-state index is 0.362. The Morgan fingerprint density at radius 2 is 2.23 bits per heavy atom. The molecule has 0 amide bonds. The van der Waals surface area contributed by atoms with Crippen LogP contribution in [0.15, 0.2) is 24.3 Å². The van der Waals surface area contributed by atoms with E-state index in [4.69, 9.17) is 5.26 Å². The van der Waals surface area contributed by atoms with Crippen LogP contribution in [0.25, 0.3) is 0 Å². The molecule has 2 heteroatoms. The molecule has 1 aliphatic rings. The normalized spacial score (nSPS) is 24.6. The minimum Gasteiger partial charge on any atom is -0.382 e. The number of nitriles is 1. The lowest BCUT2D eigenvalue weighted by Crippen LogP contribution is -2.15. The first-order valence-electron chi connectivity index (χ1n) is 4.55. The van der Waals surface area contributed by atoms with E-state index in [0.717, 1.165) is 0 Å². The lowest BCUT2D eigenvalue weighted by Gasteiger charge is -2.11. The Labute approximate surface area is 78.2 Å². The molecular formula is C11H12N2. The number of anilines is 1. The van der Waals surface area contributed by atoms with Gasteiger partial charge in [-0.1, -0.05) is 18.2 Å². The zero-order chi connectivity index (χ0) is 9.26. The smallest absolute Gasteiger partial charge is 0.0629 e. The number of nitrogens with one attached hydrogen (secondary N) is 1. The van der Waals surface area contributed by atoms with Crippen LogP contribution in [-0.4, -0.2) is 6.04 Å². The molecule has 0 aromatic heterocycles. The number of hydrogen-bond donors (Lipinski definition) is 1. The second-order valence-electron chi connectivity index (χ2n) is 3.49. The summed E-state index contributed by atoms with van der Waals surface area (Å²) < 4.78 is 0. The maximum Gasteiger partial charge on any atom is 0.0629 e. The van der Waals surface area contributed by atoms with Crippen LogP contribution >= 0.6 is 0 Å². The van der Waals surface area contributed by atoms with Crippen LogP contribution in [0.4, 0.5) is 5.69 Å². The fourth-order valence-electron chi connectivity index (χ4n) is 1.95. The van der Waals surface area contributed by atoms with Crippen molar-refractivity contribution in [2.24, 2.45) is 0 Å². The first-order valence-corrected chi connectivity index (χ1v) is 4.55. The molecule has 0 saturated carbocycles. The van der Waals surface area contributed by atoms with Crippen LogP contribution in [0, 0.1) is 11.3 Å². The van der Waals surface area contributed by atoms with Gasteiger partial charge in [-0.25, -0.2) is 0 Å².